The van der Waals surface area contributed by atoms with Crippen molar-refractivity contribution in [3.05, 3.63) is 80.8 Å². The molecule has 0 saturated carbocycles. The molecular weight excluding hydrogens is 436 g/mol. The quantitative estimate of drug-likeness (QED) is 0.533. The second kappa shape index (κ2) is 7.63. The summed E-state index contributed by atoms with van der Waals surface area (Å²) < 4.78 is 10.9. The maximum absolute atomic E-state index is 13.5. The summed E-state index contributed by atoms with van der Waals surface area (Å²) in [6, 6.07) is 13.5. The number of anilines is 1. The van der Waals surface area contributed by atoms with Gasteiger partial charge >= 0.3 is 0 Å². The van der Waals surface area contributed by atoms with Gasteiger partial charge in [0.25, 0.3) is 5.69 Å². The molecule has 5 rings (SSSR count). The van der Waals surface area contributed by atoms with Crippen LogP contribution in [0.4, 0.5) is 11.4 Å². The summed E-state index contributed by atoms with van der Waals surface area (Å²) in [4.78, 5) is 25.9. The third-order valence-corrected chi connectivity index (χ3v) is 6.43. The highest BCUT2D eigenvalue weighted by Crippen LogP contribution is 2.51. The maximum Gasteiger partial charge on any atom is 0.269 e. The van der Waals surface area contributed by atoms with Gasteiger partial charge in [0, 0.05) is 35.5 Å². The molecule has 0 fully saturated rings. The van der Waals surface area contributed by atoms with E-state index in [0.29, 0.717) is 46.9 Å². The average Bonchev–Trinajstić information content (AvgIpc) is 3.25. The number of Topliss-reactive ketones (excluding diaryl/α,β-unsaturated/α-hetero) is 1. The molecule has 172 valence electrons. The van der Waals surface area contributed by atoms with Crippen molar-refractivity contribution in [1.29, 1.82) is 5.26 Å². The van der Waals surface area contributed by atoms with E-state index in [1.165, 1.54) is 12.1 Å². The molecule has 34 heavy (non-hydrogen) atoms. The molecule has 1 unspecified atom stereocenters. The molecule has 2 aliphatic heterocycles. The van der Waals surface area contributed by atoms with Crippen LogP contribution >= 0.6 is 0 Å². The van der Waals surface area contributed by atoms with Crippen LogP contribution in [0.5, 0.6) is 11.5 Å². The number of fused-ring (bicyclic) bond motifs is 1. The average molecular weight is 458 g/mol. The lowest BCUT2D eigenvalue weighted by Crippen LogP contribution is -2.42. The van der Waals surface area contributed by atoms with Crippen molar-refractivity contribution < 1.29 is 19.2 Å². The zero-order valence-electron chi connectivity index (χ0n) is 18.7. The molecule has 0 spiro atoms. The Labute approximate surface area is 195 Å². The fourth-order valence-corrected chi connectivity index (χ4v) is 4.95. The van der Waals surface area contributed by atoms with E-state index in [0.717, 1.165) is 0 Å². The summed E-state index contributed by atoms with van der Waals surface area (Å²) in [6.45, 7) is 4.14. The van der Waals surface area contributed by atoms with Crippen molar-refractivity contribution in [1.82, 2.24) is 0 Å². The normalized spacial score (nSPS) is 20.8. The number of nitrogens with two attached hydrogens (primary N) is 1. The second-order valence-corrected chi connectivity index (χ2v) is 9.37. The smallest absolute Gasteiger partial charge is 0.269 e. The van der Waals surface area contributed by atoms with Crippen molar-refractivity contribution in [3.8, 4) is 17.6 Å². The van der Waals surface area contributed by atoms with Gasteiger partial charge in [-0.1, -0.05) is 19.9 Å². The van der Waals surface area contributed by atoms with Crippen molar-refractivity contribution in [2.24, 2.45) is 11.1 Å². The van der Waals surface area contributed by atoms with E-state index in [9.17, 15) is 20.2 Å². The van der Waals surface area contributed by atoms with Crippen LogP contribution in [-0.4, -0.2) is 17.5 Å². The van der Waals surface area contributed by atoms with Crippen molar-refractivity contribution in [2.75, 3.05) is 11.7 Å². The van der Waals surface area contributed by atoms with Gasteiger partial charge in [0.1, 0.15) is 5.82 Å². The number of hydrogen-bond acceptors (Lipinski definition) is 8. The topological polar surface area (TPSA) is 132 Å². The number of rotatable bonds is 3. The number of hydrogen-bond donors (Lipinski definition) is 1. The lowest BCUT2D eigenvalue weighted by atomic mass is 9.68. The standard InChI is InChI=1S/C25H22N4O5/c1-25(2)10-18-23(19(30)11-25)22(14-3-8-20-21(9-14)34-13-33-20)17(12-26)24(27)28(18)15-4-6-16(7-5-15)29(31)32/h3-9,22H,10-11,13,27H2,1-2H3. The first-order chi connectivity index (χ1) is 16.2. The van der Waals surface area contributed by atoms with E-state index in [1.54, 1.807) is 29.2 Å². The Kier molecular flexibility index (Phi) is 4.83. The van der Waals surface area contributed by atoms with Gasteiger partial charge in [0.05, 0.1) is 22.5 Å². The second-order valence-electron chi connectivity index (χ2n) is 9.37. The van der Waals surface area contributed by atoms with Crippen molar-refractivity contribution in [2.45, 2.75) is 32.6 Å². The predicted octanol–water partition coefficient (Wildman–Crippen LogP) is 4.26. The molecule has 2 heterocycles. The monoisotopic (exact) mass is 458 g/mol. The summed E-state index contributed by atoms with van der Waals surface area (Å²) in [5, 5.41) is 21.3. The maximum atomic E-state index is 13.5. The van der Waals surface area contributed by atoms with Crippen LogP contribution in [0, 0.1) is 26.9 Å². The van der Waals surface area contributed by atoms with Crippen LogP contribution in [0.25, 0.3) is 0 Å². The molecule has 9 nitrogen and oxygen atoms in total. The largest absolute Gasteiger partial charge is 0.454 e. The Bertz CT molecular complexity index is 1330. The van der Waals surface area contributed by atoms with E-state index in [2.05, 4.69) is 6.07 Å². The van der Waals surface area contributed by atoms with Gasteiger partial charge < -0.3 is 15.2 Å². The molecule has 2 aromatic rings. The van der Waals surface area contributed by atoms with Crippen LogP contribution in [0.15, 0.2) is 65.1 Å². The number of nitrogens with zero attached hydrogens (tertiary/aromatic N) is 3. The number of allylic oxidation sites excluding steroid dienone is 3. The van der Waals surface area contributed by atoms with E-state index in [4.69, 9.17) is 15.2 Å². The van der Waals surface area contributed by atoms with E-state index in [-0.39, 0.29) is 35.1 Å². The Morgan fingerprint density at radius 1 is 1.15 bits per heavy atom. The molecular formula is C25H22N4O5. The molecule has 0 saturated heterocycles. The van der Waals surface area contributed by atoms with Crippen LogP contribution in [-0.2, 0) is 4.79 Å². The zero-order chi connectivity index (χ0) is 24.2. The molecule has 2 aromatic carbocycles. The number of benzene rings is 2. The fourth-order valence-electron chi connectivity index (χ4n) is 4.95. The Morgan fingerprint density at radius 2 is 1.85 bits per heavy atom. The van der Waals surface area contributed by atoms with E-state index < -0.39 is 10.8 Å². The van der Waals surface area contributed by atoms with Crippen LogP contribution in [0.1, 0.15) is 38.2 Å². The summed E-state index contributed by atoms with van der Waals surface area (Å²) in [5.74, 6) is 0.654. The molecule has 1 atom stereocenters. The number of nitro benzene ring substituents is 1. The van der Waals surface area contributed by atoms with Gasteiger partial charge in [0.2, 0.25) is 6.79 Å². The summed E-state index contributed by atoms with van der Waals surface area (Å²) in [5.41, 5.74) is 8.94. The highest BCUT2D eigenvalue weighted by molar-refractivity contribution is 6.01. The number of nitriles is 1. The molecule has 0 radical (unpaired) electrons. The molecule has 1 aliphatic carbocycles. The zero-order valence-corrected chi connectivity index (χ0v) is 18.7. The van der Waals surface area contributed by atoms with Crippen molar-refractivity contribution in [3.63, 3.8) is 0 Å². The number of ether oxygens (including phenoxy) is 2. The first-order valence-electron chi connectivity index (χ1n) is 10.8. The highest BCUT2D eigenvalue weighted by Gasteiger charge is 2.45. The van der Waals surface area contributed by atoms with E-state index >= 15 is 0 Å². The van der Waals surface area contributed by atoms with Gasteiger partial charge in [0.15, 0.2) is 17.3 Å². The molecule has 0 amide bonds. The lowest BCUT2D eigenvalue weighted by molar-refractivity contribution is -0.384. The van der Waals surface area contributed by atoms with Gasteiger partial charge in [-0.25, -0.2) is 0 Å². The summed E-state index contributed by atoms with van der Waals surface area (Å²) in [7, 11) is 0. The Hall–Kier alpha value is -4.32. The summed E-state index contributed by atoms with van der Waals surface area (Å²) in [6.07, 6.45) is 0.880. The number of nitro groups is 1. The molecule has 3 aliphatic rings. The minimum absolute atomic E-state index is 0.0546. The number of carbonyl (C=O) groups is 1. The molecule has 0 aromatic heterocycles. The molecule has 2 N–H and O–H groups in total. The minimum atomic E-state index is -0.646. The Morgan fingerprint density at radius 3 is 2.53 bits per heavy atom. The van der Waals surface area contributed by atoms with E-state index in [1.807, 2.05) is 19.9 Å². The lowest BCUT2D eigenvalue weighted by Gasteiger charge is -2.43. The first kappa shape index (κ1) is 21.5. The SMILES string of the molecule is CC1(C)CC(=O)C2=C(C1)N(c1ccc([N+](=O)[O-])cc1)C(N)=C(C#N)C2c1ccc2c(c1)OCO2. The minimum Gasteiger partial charge on any atom is -0.454 e. The predicted molar refractivity (Wildman–Crippen MR) is 123 cm³/mol. The van der Waals surface area contributed by atoms with Gasteiger partial charge in [-0.15, -0.1) is 0 Å². The third-order valence-electron chi connectivity index (χ3n) is 6.43. The number of non-ortho nitro benzene ring substituents is 1. The summed E-state index contributed by atoms with van der Waals surface area (Å²) >= 11 is 0. The van der Waals surface area contributed by atoms with Crippen LogP contribution < -0.4 is 20.1 Å². The highest BCUT2D eigenvalue weighted by atomic mass is 16.7. The van der Waals surface area contributed by atoms with Gasteiger partial charge in [-0.05, 0) is 41.7 Å². The van der Waals surface area contributed by atoms with Crippen LogP contribution in [0.2, 0.25) is 0 Å². The van der Waals surface area contributed by atoms with Crippen LogP contribution in [0.3, 0.4) is 0 Å². The Balaban J connectivity index is 1.72. The molecule has 0 bridgehead atoms. The first-order valence-corrected chi connectivity index (χ1v) is 10.8. The van der Waals surface area contributed by atoms with Gasteiger partial charge in [-0.3, -0.25) is 19.8 Å². The number of ketones is 1. The number of carbonyl (C=O) groups excluding carboxylic acids is 1. The van der Waals surface area contributed by atoms with Crippen molar-refractivity contribution >= 4 is 17.2 Å². The third kappa shape index (κ3) is 3.35. The molecule has 9 heteroatoms. The van der Waals surface area contributed by atoms with Gasteiger partial charge in [-0.2, -0.15) is 5.26 Å². The fraction of sp³-hybridized carbons (Fsp3) is 0.280.